The number of carbonyl (C=O) groups excluding carboxylic acids is 1. The van der Waals surface area contributed by atoms with Gasteiger partial charge < -0.3 is 9.73 Å². The number of rotatable bonds is 5. The Morgan fingerprint density at radius 2 is 2.12 bits per heavy atom. The monoisotopic (exact) mass is 407 g/mol. The first-order valence-electron chi connectivity index (χ1n) is 8.60. The Morgan fingerprint density at radius 1 is 1.35 bits per heavy atom. The summed E-state index contributed by atoms with van der Waals surface area (Å²) in [5.74, 6) is 0.406. The molecule has 8 heteroatoms. The average Bonchev–Trinajstić information content (AvgIpc) is 3.36. The number of thioether (sulfide) groups is 1. The van der Waals surface area contributed by atoms with Crippen LogP contribution in [0.5, 0.6) is 0 Å². The highest BCUT2D eigenvalue weighted by molar-refractivity contribution is 8.00. The van der Waals surface area contributed by atoms with E-state index >= 15 is 0 Å². The standard InChI is InChI=1S/C18H18ClN3O2S2/c1-10(16(23)20-11-6-2-3-7-11)25-18-22-21-17(24-18)15-14(19)12-8-4-5-9-13(12)26-15/h4-5,8-11H,2-3,6-7H2,1H3,(H,20,23)/t10-/m1/s1. The van der Waals surface area contributed by atoms with E-state index in [9.17, 15) is 4.79 Å². The van der Waals surface area contributed by atoms with Crippen molar-refractivity contribution in [3.05, 3.63) is 29.3 Å². The molecule has 26 heavy (non-hydrogen) atoms. The van der Waals surface area contributed by atoms with Crippen molar-refractivity contribution in [3.63, 3.8) is 0 Å². The molecular formula is C18H18ClN3O2S2. The molecule has 2 aromatic heterocycles. The van der Waals surface area contributed by atoms with E-state index in [4.69, 9.17) is 16.0 Å². The Kier molecular flexibility index (Phi) is 5.20. The molecule has 1 aromatic carbocycles. The summed E-state index contributed by atoms with van der Waals surface area (Å²) in [6.07, 6.45) is 4.52. The predicted octanol–water partition coefficient (Wildman–Crippen LogP) is 5.14. The van der Waals surface area contributed by atoms with Crippen LogP contribution in [0.25, 0.3) is 20.9 Å². The zero-order chi connectivity index (χ0) is 18.1. The first-order valence-corrected chi connectivity index (χ1v) is 10.7. The summed E-state index contributed by atoms with van der Waals surface area (Å²) < 4.78 is 6.83. The van der Waals surface area contributed by atoms with E-state index in [-0.39, 0.29) is 11.2 Å². The van der Waals surface area contributed by atoms with Crippen LogP contribution in [0.2, 0.25) is 5.02 Å². The molecule has 1 atom stereocenters. The van der Waals surface area contributed by atoms with Crippen molar-refractivity contribution >= 4 is 50.7 Å². The van der Waals surface area contributed by atoms with E-state index in [0.29, 0.717) is 22.2 Å². The van der Waals surface area contributed by atoms with Gasteiger partial charge in [-0.25, -0.2) is 0 Å². The smallest absolute Gasteiger partial charge is 0.277 e. The minimum absolute atomic E-state index is 0.0153. The van der Waals surface area contributed by atoms with Gasteiger partial charge in [0.15, 0.2) is 0 Å². The lowest BCUT2D eigenvalue weighted by Gasteiger charge is -2.14. The molecule has 1 N–H and O–H groups in total. The molecule has 0 spiro atoms. The van der Waals surface area contributed by atoms with Crippen LogP contribution in [0.4, 0.5) is 0 Å². The van der Waals surface area contributed by atoms with E-state index in [1.807, 2.05) is 31.2 Å². The molecule has 0 radical (unpaired) electrons. The Morgan fingerprint density at radius 3 is 2.88 bits per heavy atom. The lowest BCUT2D eigenvalue weighted by Crippen LogP contribution is -2.37. The van der Waals surface area contributed by atoms with Crippen LogP contribution >= 0.6 is 34.7 Å². The lowest BCUT2D eigenvalue weighted by molar-refractivity contribution is -0.120. The van der Waals surface area contributed by atoms with Crippen molar-refractivity contribution in [1.82, 2.24) is 15.5 Å². The number of aromatic nitrogens is 2. The van der Waals surface area contributed by atoms with Crippen LogP contribution in [0.15, 0.2) is 33.9 Å². The Labute approximate surface area is 164 Å². The molecule has 0 bridgehead atoms. The number of fused-ring (bicyclic) bond motifs is 1. The van der Waals surface area contributed by atoms with Crippen molar-refractivity contribution in [1.29, 1.82) is 0 Å². The predicted molar refractivity (Wildman–Crippen MR) is 106 cm³/mol. The number of nitrogens with zero attached hydrogens (tertiary/aromatic N) is 2. The van der Waals surface area contributed by atoms with E-state index < -0.39 is 0 Å². The van der Waals surface area contributed by atoms with Gasteiger partial charge in [-0.2, -0.15) is 0 Å². The van der Waals surface area contributed by atoms with Gasteiger partial charge in [-0.15, -0.1) is 21.5 Å². The maximum Gasteiger partial charge on any atom is 0.277 e. The van der Waals surface area contributed by atoms with Gasteiger partial charge in [0.2, 0.25) is 5.91 Å². The average molecular weight is 408 g/mol. The van der Waals surface area contributed by atoms with Crippen LogP contribution in [-0.4, -0.2) is 27.4 Å². The van der Waals surface area contributed by atoms with Gasteiger partial charge in [-0.05, 0) is 25.8 Å². The molecule has 1 saturated carbocycles. The first-order chi connectivity index (χ1) is 12.6. The lowest BCUT2D eigenvalue weighted by atomic mass is 10.2. The van der Waals surface area contributed by atoms with Crippen molar-refractivity contribution in [2.45, 2.75) is 49.1 Å². The number of carbonyl (C=O) groups is 1. The van der Waals surface area contributed by atoms with Crippen molar-refractivity contribution in [3.8, 4) is 10.8 Å². The summed E-state index contributed by atoms with van der Waals surface area (Å²) in [7, 11) is 0. The van der Waals surface area contributed by atoms with Crippen molar-refractivity contribution in [2.24, 2.45) is 0 Å². The van der Waals surface area contributed by atoms with Gasteiger partial charge in [0.05, 0.1) is 10.3 Å². The quantitative estimate of drug-likeness (QED) is 0.593. The third kappa shape index (κ3) is 3.61. The van der Waals surface area contributed by atoms with E-state index in [2.05, 4.69) is 15.5 Å². The minimum atomic E-state index is -0.290. The molecule has 1 aliphatic rings. The second kappa shape index (κ2) is 7.58. The first kappa shape index (κ1) is 17.8. The van der Waals surface area contributed by atoms with Gasteiger partial charge in [-0.1, -0.05) is 54.4 Å². The van der Waals surface area contributed by atoms with E-state index in [1.165, 1.54) is 35.9 Å². The number of hydrogen-bond acceptors (Lipinski definition) is 6. The minimum Gasteiger partial charge on any atom is -0.410 e. The number of nitrogens with one attached hydrogen (secondary N) is 1. The third-order valence-corrected chi connectivity index (χ3v) is 7.08. The Bertz CT molecular complexity index is 934. The normalized spacial score (nSPS) is 16.2. The molecule has 1 fully saturated rings. The van der Waals surface area contributed by atoms with Gasteiger partial charge in [0, 0.05) is 16.1 Å². The van der Waals surface area contributed by atoms with Gasteiger partial charge in [0.25, 0.3) is 11.1 Å². The number of hydrogen-bond donors (Lipinski definition) is 1. The van der Waals surface area contributed by atoms with Crippen LogP contribution in [-0.2, 0) is 4.79 Å². The molecule has 1 amide bonds. The molecule has 3 aromatic rings. The Balaban J connectivity index is 1.47. The molecule has 0 saturated heterocycles. The van der Waals surface area contributed by atoms with Crippen molar-refractivity contribution < 1.29 is 9.21 Å². The summed E-state index contributed by atoms with van der Waals surface area (Å²) in [5, 5.41) is 13.0. The summed E-state index contributed by atoms with van der Waals surface area (Å²) in [5.41, 5.74) is 0. The highest BCUT2D eigenvalue weighted by Crippen LogP contribution is 2.42. The second-order valence-electron chi connectivity index (χ2n) is 6.36. The number of halogens is 1. The van der Waals surface area contributed by atoms with Crippen molar-refractivity contribution in [2.75, 3.05) is 0 Å². The largest absolute Gasteiger partial charge is 0.410 e. The molecule has 136 valence electrons. The fourth-order valence-corrected chi connectivity index (χ4v) is 5.22. The zero-order valence-corrected chi connectivity index (χ0v) is 16.6. The summed E-state index contributed by atoms with van der Waals surface area (Å²) >= 11 is 9.26. The summed E-state index contributed by atoms with van der Waals surface area (Å²) in [6.45, 7) is 1.85. The maximum absolute atomic E-state index is 12.3. The highest BCUT2D eigenvalue weighted by atomic mass is 35.5. The Hall–Kier alpha value is -1.57. The zero-order valence-electron chi connectivity index (χ0n) is 14.2. The molecule has 2 heterocycles. The fourth-order valence-electron chi connectivity index (χ4n) is 3.09. The molecule has 4 rings (SSSR count). The molecular weight excluding hydrogens is 390 g/mol. The number of benzene rings is 1. The van der Waals surface area contributed by atoms with Crippen LogP contribution in [0.1, 0.15) is 32.6 Å². The summed E-state index contributed by atoms with van der Waals surface area (Å²) in [4.78, 5) is 13.1. The molecule has 0 aliphatic heterocycles. The van der Waals surface area contributed by atoms with Crippen LogP contribution in [0, 0.1) is 0 Å². The number of amides is 1. The topological polar surface area (TPSA) is 68.0 Å². The van der Waals surface area contributed by atoms with Crippen LogP contribution in [0.3, 0.4) is 0 Å². The van der Waals surface area contributed by atoms with Gasteiger partial charge >= 0.3 is 0 Å². The third-order valence-electron chi connectivity index (χ3n) is 4.48. The molecule has 1 aliphatic carbocycles. The van der Waals surface area contributed by atoms with Gasteiger partial charge in [0.1, 0.15) is 4.88 Å². The molecule has 5 nitrogen and oxygen atoms in total. The van der Waals surface area contributed by atoms with Crippen LogP contribution < -0.4 is 5.32 Å². The van der Waals surface area contributed by atoms with E-state index in [1.54, 1.807) is 0 Å². The fraction of sp³-hybridized carbons (Fsp3) is 0.389. The summed E-state index contributed by atoms with van der Waals surface area (Å²) in [6, 6.07) is 8.21. The highest BCUT2D eigenvalue weighted by Gasteiger charge is 2.24. The maximum atomic E-state index is 12.3. The van der Waals surface area contributed by atoms with E-state index in [0.717, 1.165) is 27.8 Å². The van der Waals surface area contributed by atoms with Gasteiger partial charge in [-0.3, -0.25) is 4.79 Å². The molecule has 0 unspecified atom stereocenters. The second-order valence-corrected chi connectivity index (χ2v) is 9.09. The number of thiophene rings is 1. The SMILES string of the molecule is C[C@@H](Sc1nnc(-c2sc3ccccc3c2Cl)o1)C(=O)NC1CCCC1.